The average Bonchev–Trinajstić information content (AvgIpc) is 3.16. The van der Waals surface area contributed by atoms with Gasteiger partial charge in [-0.15, -0.1) is 0 Å². The third-order valence-corrected chi connectivity index (χ3v) is 4.13. The van der Waals surface area contributed by atoms with Crippen LogP contribution >= 0.6 is 0 Å². The fraction of sp³-hybridized carbons (Fsp3) is 0.250. The second-order valence-electron chi connectivity index (χ2n) is 7.00. The van der Waals surface area contributed by atoms with Crippen LogP contribution in [-0.2, 0) is 12.0 Å². The molecule has 0 spiro atoms. The first-order valence-electron chi connectivity index (χ1n) is 8.62. The molecule has 3 aromatic rings. The first kappa shape index (κ1) is 18.7. The van der Waals surface area contributed by atoms with Gasteiger partial charge in [0, 0.05) is 29.8 Å². The Balaban J connectivity index is 1.80. The number of hydrogen-bond donors (Lipinski definition) is 2. The second-order valence-corrected chi connectivity index (χ2v) is 7.00. The number of benzene rings is 1. The Morgan fingerprint density at radius 2 is 2.00 bits per heavy atom. The van der Waals surface area contributed by atoms with Gasteiger partial charge in [0.05, 0.1) is 5.69 Å². The number of oxazole rings is 1. The number of nitrogens with one attached hydrogen (secondary N) is 1. The summed E-state index contributed by atoms with van der Waals surface area (Å²) in [7, 11) is 0. The molecular weight excluding hydrogens is 347 g/mol. The van der Waals surface area contributed by atoms with Crippen LogP contribution in [0, 0.1) is 5.82 Å². The molecule has 7 heteroatoms. The van der Waals surface area contributed by atoms with E-state index >= 15 is 0 Å². The average molecular weight is 369 g/mol. The topological polar surface area (TPSA) is 95.7 Å². The summed E-state index contributed by atoms with van der Waals surface area (Å²) < 4.78 is 18.0. The zero-order valence-electron chi connectivity index (χ0n) is 15.3. The zero-order chi connectivity index (χ0) is 19.4. The monoisotopic (exact) mass is 369 g/mol. The van der Waals surface area contributed by atoms with Gasteiger partial charge in [0.15, 0.2) is 12.1 Å². The van der Waals surface area contributed by atoms with Gasteiger partial charge >= 0.3 is 0 Å². The van der Waals surface area contributed by atoms with Crippen LogP contribution in [0.5, 0.6) is 0 Å². The van der Waals surface area contributed by atoms with Crippen LogP contribution in [0.2, 0.25) is 0 Å². The summed E-state index contributed by atoms with van der Waals surface area (Å²) in [5.74, 6) is -0.584. The summed E-state index contributed by atoms with van der Waals surface area (Å²) in [4.78, 5) is 20.4. The molecule has 4 N–H and O–H groups in total. The lowest BCUT2D eigenvalue weighted by atomic mass is 9.93. The van der Waals surface area contributed by atoms with Gasteiger partial charge in [-0.2, -0.15) is 0 Å². The number of pyridine rings is 1. The fourth-order valence-electron chi connectivity index (χ4n) is 2.59. The highest BCUT2D eigenvalue weighted by molar-refractivity contribution is 5.91. The maximum Gasteiger partial charge on any atom is 0.273 e. The van der Waals surface area contributed by atoms with Crippen LogP contribution in [0.1, 0.15) is 35.6 Å². The second kappa shape index (κ2) is 7.67. The number of nitrogens with zero attached hydrogens (tertiary/aromatic N) is 2. The van der Waals surface area contributed by atoms with Crippen molar-refractivity contribution in [1.82, 2.24) is 15.3 Å². The van der Waals surface area contributed by atoms with Crippen molar-refractivity contribution >= 4 is 5.91 Å². The molecule has 0 unspecified atom stereocenters. The Hall–Kier alpha value is -3.06. The van der Waals surface area contributed by atoms with Gasteiger partial charge < -0.3 is 15.5 Å². The molecule has 3 rings (SSSR count). The lowest BCUT2D eigenvalue weighted by molar-refractivity contribution is -0.475. The standard InChI is InChI=1S/C20H21FN4O2/c1-20(2,22)14-9-16(7-8-23-19(26)18-11-27-12-24-18)25-17(10-14)13-3-5-15(21)6-4-13/h3-6,9-12H,7-8,22H2,1-2H3,(H,23,26)/p+1. The Morgan fingerprint density at radius 1 is 1.26 bits per heavy atom. The molecule has 0 aliphatic rings. The van der Waals surface area contributed by atoms with Crippen molar-refractivity contribution in [2.75, 3.05) is 6.54 Å². The third-order valence-electron chi connectivity index (χ3n) is 4.13. The summed E-state index contributed by atoms with van der Waals surface area (Å²) in [5, 5.41) is 2.79. The van der Waals surface area contributed by atoms with E-state index in [1.54, 1.807) is 12.1 Å². The molecule has 1 aromatic carbocycles. The van der Waals surface area contributed by atoms with Gasteiger partial charge in [-0.05, 0) is 50.2 Å². The number of carbonyl (C=O) groups is 1. The molecule has 140 valence electrons. The molecule has 2 heterocycles. The van der Waals surface area contributed by atoms with Crippen LogP contribution in [0.25, 0.3) is 11.3 Å². The number of aromatic nitrogens is 2. The van der Waals surface area contributed by atoms with Gasteiger partial charge in [-0.1, -0.05) is 0 Å². The van der Waals surface area contributed by atoms with Crippen molar-refractivity contribution in [3.63, 3.8) is 0 Å². The largest absolute Gasteiger partial charge is 0.451 e. The molecule has 0 radical (unpaired) electrons. The summed E-state index contributed by atoms with van der Waals surface area (Å²) in [6.45, 7) is 4.45. The van der Waals surface area contributed by atoms with Crippen molar-refractivity contribution in [2.24, 2.45) is 0 Å². The number of amides is 1. The van der Waals surface area contributed by atoms with E-state index in [0.717, 1.165) is 22.5 Å². The lowest BCUT2D eigenvalue weighted by Crippen LogP contribution is -2.66. The molecule has 27 heavy (non-hydrogen) atoms. The predicted molar refractivity (Wildman–Crippen MR) is 98.1 cm³/mol. The molecule has 0 bridgehead atoms. The van der Waals surface area contributed by atoms with Gasteiger partial charge in [0.25, 0.3) is 5.91 Å². The van der Waals surface area contributed by atoms with E-state index in [2.05, 4.69) is 21.0 Å². The van der Waals surface area contributed by atoms with Gasteiger partial charge in [-0.3, -0.25) is 9.78 Å². The highest BCUT2D eigenvalue weighted by atomic mass is 19.1. The first-order valence-corrected chi connectivity index (χ1v) is 8.62. The number of carbonyl (C=O) groups excluding carboxylic acids is 1. The molecule has 0 fully saturated rings. The normalized spacial score (nSPS) is 11.4. The molecule has 0 atom stereocenters. The molecule has 0 aliphatic carbocycles. The molecule has 1 amide bonds. The third kappa shape index (κ3) is 4.77. The molecule has 6 nitrogen and oxygen atoms in total. The van der Waals surface area contributed by atoms with E-state index in [0.29, 0.717) is 13.0 Å². The van der Waals surface area contributed by atoms with Crippen molar-refractivity contribution < 1.29 is 19.3 Å². The number of quaternary nitrogens is 1. The van der Waals surface area contributed by atoms with E-state index in [1.165, 1.54) is 24.8 Å². The highest BCUT2D eigenvalue weighted by Crippen LogP contribution is 2.24. The Morgan fingerprint density at radius 3 is 2.63 bits per heavy atom. The summed E-state index contributed by atoms with van der Waals surface area (Å²) in [6.07, 6.45) is 3.05. The number of rotatable bonds is 6. The Bertz CT molecular complexity index is 916. The van der Waals surface area contributed by atoms with Crippen molar-refractivity contribution in [3.8, 4) is 11.3 Å². The van der Waals surface area contributed by atoms with Gasteiger partial charge in [0.2, 0.25) is 0 Å². The van der Waals surface area contributed by atoms with Gasteiger partial charge in [-0.25, -0.2) is 9.37 Å². The van der Waals surface area contributed by atoms with Gasteiger partial charge in [0.1, 0.15) is 17.6 Å². The van der Waals surface area contributed by atoms with E-state index in [-0.39, 0.29) is 23.0 Å². The zero-order valence-corrected chi connectivity index (χ0v) is 15.3. The molecule has 2 aromatic heterocycles. The Labute approximate surface area is 156 Å². The minimum atomic E-state index is -0.309. The molecule has 0 saturated carbocycles. The van der Waals surface area contributed by atoms with E-state index in [1.807, 2.05) is 26.0 Å². The highest BCUT2D eigenvalue weighted by Gasteiger charge is 2.21. The molecular formula is C20H22FN4O2+. The number of halogens is 1. The minimum Gasteiger partial charge on any atom is -0.451 e. The molecule has 0 aliphatic heterocycles. The lowest BCUT2D eigenvalue weighted by Gasteiger charge is -2.18. The van der Waals surface area contributed by atoms with Crippen LogP contribution in [-0.4, -0.2) is 22.4 Å². The van der Waals surface area contributed by atoms with Crippen molar-refractivity contribution in [3.05, 3.63) is 71.8 Å². The van der Waals surface area contributed by atoms with Crippen LogP contribution in [0.15, 0.2) is 53.5 Å². The van der Waals surface area contributed by atoms with E-state index in [9.17, 15) is 9.18 Å². The van der Waals surface area contributed by atoms with Crippen molar-refractivity contribution in [2.45, 2.75) is 25.8 Å². The minimum absolute atomic E-state index is 0.239. The smallest absolute Gasteiger partial charge is 0.273 e. The molecule has 0 saturated heterocycles. The van der Waals surface area contributed by atoms with E-state index in [4.69, 9.17) is 4.42 Å². The van der Waals surface area contributed by atoms with E-state index < -0.39 is 0 Å². The van der Waals surface area contributed by atoms with Crippen LogP contribution in [0.3, 0.4) is 0 Å². The maximum absolute atomic E-state index is 13.2. The quantitative estimate of drug-likeness (QED) is 0.697. The summed E-state index contributed by atoms with van der Waals surface area (Å²) in [5.41, 5.74) is 7.55. The van der Waals surface area contributed by atoms with Crippen molar-refractivity contribution in [1.29, 1.82) is 0 Å². The summed E-state index contributed by atoms with van der Waals surface area (Å²) in [6, 6.07) is 10.2. The maximum atomic E-state index is 13.2. The van der Waals surface area contributed by atoms with Crippen LogP contribution < -0.4 is 11.1 Å². The number of hydrogen-bond acceptors (Lipinski definition) is 4. The Kier molecular flexibility index (Phi) is 5.32. The van der Waals surface area contributed by atoms with Crippen LogP contribution in [0.4, 0.5) is 4.39 Å². The first-order chi connectivity index (χ1) is 12.8. The summed E-state index contributed by atoms with van der Waals surface area (Å²) >= 11 is 0. The fourth-order valence-corrected chi connectivity index (χ4v) is 2.59. The SMILES string of the molecule is CC(C)([NH3+])c1cc(CCNC(=O)c2cocn2)nc(-c2ccc(F)cc2)c1. The predicted octanol–water partition coefficient (Wildman–Crippen LogP) is 2.33.